The van der Waals surface area contributed by atoms with Gasteiger partial charge in [-0.05, 0) is 85.6 Å². The molecule has 2 aliphatic heterocycles. The Labute approximate surface area is 209 Å². The molecule has 0 spiro atoms. The first kappa shape index (κ1) is 26.7. The van der Waals surface area contributed by atoms with Crippen LogP contribution < -0.4 is 21.3 Å². The van der Waals surface area contributed by atoms with Crippen LogP contribution in [0.3, 0.4) is 0 Å². The molecule has 0 radical (unpaired) electrons. The third kappa shape index (κ3) is 9.05. The number of guanidine groups is 1. The molecule has 2 saturated heterocycles. The zero-order valence-electron chi connectivity index (χ0n) is 21.6. The molecule has 3 rings (SSSR count). The van der Waals surface area contributed by atoms with E-state index in [1.165, 1.54) is 0 Å². The lowest BCUT2D eigenvalue weighted by molar-refractivity contribution is 0.0376. The Kier molecular flexibility index (Phi) is 9.20. The molecule has 4 N–H and O–H groups in total. The van der Waals surface area contributed by atoms with Crippen LogP contribution in [0.25, 0.3) is 0 Å². The third-order valence-electron chi connectivity index (χ3n) is 5.97. The maximum absolute atomic E-state index is 5.60. The van der Waals surface area contributed by atoms with Gasteiger partial charge in [-0.25, -0.2) is 15.0 Å². The molecule has 34 heavy (non-hydrogen) atoms. The van der Waals surface area contributed by atoms with E-state index in [2.05, 4.69) is 63.8 Å². The van der Waals surface area contributed by atoms with E-state index in [0.29, 0.717) is 17.0 Å². The lowest BCUT2D eigenvalue weighted by Gasteiger charge is -2.45. The summed E-state index contributed by atoms with van der Waals surface area (Å²) in [6.07, 6.45) is 2.87. The second kappa shape index (κ2) is 11.7. The molecule has 0 aliphatic carbocycles. The Morgan fingerprint density at radius 2 is 1.76 bits per heavy atom. The number of aryl methyl sites for hydroxylation is 2. The number of nitrogens with one attached hydrogen (secondary N) is 4. The molecule has 190 valence electrons. The summed E-state index contributed by atoms with van der Waals surface area (Å²) in [7, 11) is 0. The summed E-state index contributed by atoms with van der Waals surface area (Å²) < 4.78 is 5.42. The largest absolute Gasteiger partial charge is 0.379 e. The highest BCUT2D eigenvalue weighted by Crippen LogP contribution is 2.30. The molecular formula is C24H42N8OS. The van der Waals surface area contributed by atoms with Gasteiger partial charge in [0.1, 0.15) is 0 Å². The number of rotatable bonds is 6. The number of morpholine rings is 1. The van der Waals surface area contributed by atoms with Crippen molar-refractivity contribution < 1.29 is 4.74 Å². The summed E-state index contributed by atoms with van der Waals surface area (Å²) in [5.74, 6) is 1.10. The quantitative estimate of drug-likeness (QED) is 0.207. The van der Waals surface area contributed by atoms with Crippen molar-refractivity contribution in [1.82, 2.24) is 30.8 Å². The van der Waals surface area contributed by atoms with Crippen molar-refractivity contribution in [2.24, 2.45) is 4.99 Å². The fourth-order valence-electron chi connectivity index (χ4n) is 5.01. The summed E-state index contributed by atoms with van der Waals surface area (Å²) in [6.45, 7) is 18.3. The van der Waals surface area contributed by atoms with Crippen LogP contribution >= 0.6 is 12.2 Å². The van der Waals surface area contributed by atoms with Crippen LogP contribution in [0.5, 0.6) is 0 Å². The number of ether oxygens (including phenoxy) is 1. The van der Waals surface area contributed by atoms with Crippen molar-refractivity contribution >= 4 is 29.2 Å². The lowest BCUT2D eigenvalue weighted by atomic mass is 9.80. The minimum Gasteiger partial charge on any atom is -0.379 e. The van der Waals surface area contributed by atoms with Crippen LogP contribution in [-0.2, 0) is 4.74 Å². The van der Waals surface area contributed by atoms with Gasteiger partial charge in [0, 0.05) is 42.1 Å². The second-order valence-electron chi connectivity index (χ2n) is 10.7. The van der Waals surface area contributed by atoms with Crippen LogP contribution in [0.4, 0.5) is 5.95 Å². The van der Waals surface area contributed by atoms with E-state index in [4.69, 9.17) is 21.9 Å². The normalized spacial score (nSPS) is 21.2. The third-order valence-corrected chi connectivity index (χ3v) is 6.21. The van der Waals surface area contributed by atoms with E-state index >= 15 is 0 Å². The van der Waals surface area contributed by atoms with E-state index < -0.39 is 0 Å². The van der Waals surface area contributed by atoms with Gasteiger partial charge < -0.3 is 20.7 Å². The van der Waals surface area contributed by atoms with Gasteiger partial charge in [0.25, 0.3) is 0 Å². The fourth-order valence-corrected chi connectivity index (χ4v) is 5.21. The smallest absolute Gasteiger partial charge is 0.229 e. The maximum Gasteiger partial charge on any atom is 0.229 e. The predicted molar refractivity (Wildman–Crippen MR) is 142 cm³/mol. The Bertz CT molecular complexity index is 830. The van der Waals surface area contributed by atoms with Gasteiger partial charge in [0.05, 0.1) is 19.3 Å². The fraction of sp³-hybridized carbons (Fsp3) is 0.750. The standard InChI is InChI=1S/C24H42N8OS/c1-17-14-18(2)27-20(26-17)29-21(28-19-15-23(3,4)31-24(5,6)16-19)30-22(34)25-8-7-9-32-10-12-33-13-11-32/h14,19,31H,7-13,15-16H2,1-6H3,(H3,25,26,27,28,29,30,34). The van der Waals surface area contributed by atoms with Crippen molar-refractivity contribution in [3.63, 3.8) is 0 Å². The van der Waals surface area contributed by atoms with E-state index in [1.807, 2.05) is 19.9 Å². The van der Waals surface area contributed by atoms with Crippen LogP contribution in [0.2, 0.25) is 0 Å². The summed E-state index contributed by atoms with van der Waals surface area (Å²) in [4.78, 5) is 16.5. The average molecular weight is 491 g/mol. The first-order valence-electron chi connectivity index (χ1n) is 12.3. The zero-order chi connectivity index (χ0) is 24.8. The molecule has 2 fully saturated rings. The van der Waals surface area contributed by atoms with E-state index in [-0.39, 0.29) is 17.1 Å². The number of hydrogen-bond donors (Lipinski definition) is 4. The number of thiocarbonyl (C=S) groups is 1. The zero-order valence-corrected chi connectivity index (χ0v) is 22.4. The highest BCUT2D eigenvalue weighted by Gasteiger charge is 2.37. The number of piperidine rings is 1. The number of hydrogen-bond acceptors (Lipinski definition) is 7. The average Bonchev–Trinajstić information content (AvgIpc) is 2.69. The molecule has 1 aromatic heterocycles. The Hall–Kier alpha value is -1.88. The number of aromatic nitrogens is 2. The van der Waals surface area contributed by atoms with Crippen LogP contribution in [-0.4, -0.2) is 82.5 Å². The SMILES string of the molecule is Cc1cc(C)nc(NC(=NC2CC(C)(C)NC(C)(C)C2)NC(=S)NCCCN2CCOCC2)n1. The topological polar surface area (TPSA) is 98.7 Å². The second-order valence-corrected chi connectivity index (χ2v) is 11.1. The molecular weight excluding hydrogens is 448 g/mol. The van der Waals surface area contributed by atoms with Gasteiger partial charge in [0.2, 0.25) is 11.9 Å². The molecule has 10 heteroatoms. The summed E-state index contributed by atoms with van der Waals surface area (Å²) >= 11 is 5.60. The van der Waals surface area contributed by atoms with Crippen molar-refractivity contribution in [3.8, 4) is 0 Å². The van der Waals surface area contributed by atoms with Gasteiger partial charge >= 0.3 is 0 Å². The molecule has 0 saturated carbocycles. The highest BCUT2D eigenvalue weighted by molar-refractivity contribution is 7.80. The molecule has 0 bridgehead atoms. The monoisotopic (exact) mass is 490 g/mol. The first-order chi connectivity index (χ1) is 16.0. The van der Waals surface area contributed by atoms with Crippen molar-refractivity contribution in [3.05, 3.63) is 17.5 Å². The Morgan fingerprint density at radius 1 is 1.15 bits per heavy atom. The minimum atomic E-state index is -0.00426. The van der Waals surface area contributed by atoms with Gasteiger partial charge in [0.15, 0.2) is 5.11 Å². The van der Waals surface area contributed by atoms with Crippen LogP contribution in [0.15, 0.2) is 11.1 Å². The predicted octanol–water partition coefficient (Wildman–Crippen LogP) is 2.36. The van der Waals surface area contributed by atoms with Gasteiger partial charge in [-0.2, -0.15) is 0 Å². The molecule has 0 unspecified atom stereocenters. The number of nitrogens with zero attached hydrogens (tertiary/aromatic N) is 4. The number of anilines is 1. The van der Waals surface area contributed by atoms with Gasteiger partial charge in [-0.3, -0.25) is 10.2 Å². The first-order valence-corrected chi connectivity index (χ1v) is 12.7. The molecule has 0 aromatic carbocycles. The van der Waals surface area contributed by atoms with Crippen molar-refractivity contribution in [1.29, 1.82) is 0 Å². The van der Waals surface area contributed by atoms with Crippen molar-refractivity contribution in [2.75, 3.05) is 44.7 Å². The van der Waals surface area contributed by atoms with Gasteiger partial charge in [-0.1, -0.05) is 0 Å². The molecule has 2 aliphatic rings. The van der Waals surface area contributed by atoms with Crippen LogP contribution in [0.1, 0.15) is 58.3 Å². The minimum absolute atomic E-state index is 0.00426. The lowest BCUT2D eigenvalue weighted by Crippen LogP contribution is -2.59. The molecule has 3 heterocycles. The molecule has 9 nitrogen and oxygen atoms in total. The molecule has 0 amide bonds. The van der Waals surface area contributed by atoms with Gasteiger partial charge in [-0.15, -0.1) is 0 Å². The van der Waals surface area contributed by atoms with E-state index in [1.54, 1.807) is 0 Å². The summed E-state index contributed by atoms with van der Waals surface area (Å²) in [5.41, 5.74) is 1.80. The highest BCUT2D eigenvalue weighted by atomic mass is 32.1. The summed E-state index contributed by atoms with van der Waals surface area (Å²) in [5, 5.41) is 14.1. The van der Waals surface area contributed by atoms with E-state index in [0.717, 1.165) is 70.0 Å². The Morgan fingerprint density at radius 3 is 2.38 bits per heavy atom. The molecule has 1 aromatic rings. The van der Waals surface area contributed by atoms with Crippen molar-refractivity contribution in [2.45, 2.75) is 77.9 Å². The Balaban J connectivity index is 1.64. The number of aliphatic imine (C=N–C) groups is 1. The maximum atomic E-state index is 5.60. The molecule has 0 atom stereocenters. The van der Waals surface area contributed by atoms with Crippen LogP contribution in [0, 0.1) is 13.8 Å². The summed E-state index contributed by atoms with van der Waals surface area (Å²) in [6, 6.07) is 2.09. The van der Waals surface area contributed by atoms with E-state index in [9.17, 15) is 0 Å².